The third-order valence-corrected chi connectivity index (χ3v) is 8.24. The molecule has 2 saturated carbocycles. The molecule has 23 heavy (non-hydrogen) atoms. The molecular formula is C20H31NO2. The van der Waals surface area contributed by atoms with Crippen LogP contribution in [-0.2, 0) is 4.79 Å². The number of allylic oxidation sites excluding steroid dienone is 1. The number of nitrogens with zero attached hydrogens (tertiary/aromatic N) is 1. The van der Waals surface area contributed by atoms with Crippen molar-refractivity contribution < 1.29 is 9.90 Å². The maximum Gasteiger partial charge on any atom is 0.222 e. The van der Waals surface area contributed by atoms with Crippen molar-refractivity contribution in [3.8, 4) is 0 Å². The van der Waals surface area contributed by atoms with E-state index >= 15 is 0 Å². The first-order valence-electron chi connectivity index (χ1n) is 9.50. The Morgan fingerprint density at radius 1 is 1.17 bits per heavy atom. The lowest BCUT2D eigenvalue weighted by Crippen LogP contribution is -2.62. The Hall–Kier alpha value is -0.830. The SMILES string of the molecule is CN1C(=O)CCC2C3CC=C4C[C@@H](O)CC[C@]4(C)C3CC[C@@]21C. The van der Waals surface area contributed by atoms with E-state index in [9.17, 15) is 9.90 Å². The highest BCUT2D eigenvalue weighted by molar-refractivity contribution is 5.77. The average Bonchev–Trinajstić information content (AvgIpc) is 2.52. The second kappa shape index (κ2) is 5.08. The molecule has 0 radical (unpaired) electrons. The topological polar surface area (TPSA) is 40.5 Å². The predicted molar refractivity (Wildman–Crippen MR) is 90.8 cm³/mol. The highest BCUT2D eigenvalue weighted by atomic mass is 16.3. The van der Waals surface area contributed by atoms with Crippen LogP contribution in [0.15, 0.2) is 11.6 Å². The van der Waals surface area contributed by atoms with Crippen LogP contribution in [0.3, 0.4) is 0 Å². The summed E-state index contributed by atoms with van der Waals surface area (Å²) < 4.78 is 0. The molecule has 1 N–H and O–H groups in total. The zero-order valence-corrected chi connectivity index (χ0v) is 14.8. The van der Waals surface area contributed by atoms with Gasteiger partial charge in [-0.1, -0.05) is 18.6 Å². The van der Waals surface area contributed by atoms with E-state index in [4.69, 9.17) is 0 Å². The second-order valence-electron chi connectivity index (χ2n) is 9.04. The van der Waals surface area contributed by atoms with Crippen LogP contribution in [0, 0.1) is 23.2 Å². The number of likely N-dealkylation sites (tertiary alicyclic amines) is 1. The largest absolute Gasteiger partial charge is 0.393 e. The number of hydrogen-bond donors (Lipinski definition) is 1. The molecule has 1 saturated heterocycles. The first-order chi connectivity index (χ1) is 10.9. The molecule has 0 bridgehead atoms. The molecule has 0 aromatic heterocycles. The molecule has 0 aromatic rings. The van der Waals surface area contributed by atoms with E-state index in [2.05, 4.69) is 24.8 Å². The fourth-order valence-electron chi connectivity index (χ4n) is 6.62. The van der Waals surface area contributed by atoms with Gasteiger partial charge in [-0.15, -0.1) is 0 Å². The fourth-order valence-corrected chi connectivity index (χ4v) is 6.62. The van der Waals surface area contributed by atoms with E-state index in [-0.39, 0.29) is 11.6 Å². The molecule has 3 aliphatic carbocycles. The van der Waals surface area contributed by atoms with Crippen molar-refractivity contribution in [2.24, 2.45) is 23.2 Å². The van der Waals surface area contributed by atoms with Gasteiger partial charge in [-0.25, -0.2) is 0 Å². The molecular weight excluding hydrogens is 286 g/mol. The summed E-state index contributed by atoms with van der Waals surface area (Å²) in [5, 5.41) is 10.1. The molecule has 3 unspecified atom stereocenters. The summed E-state index contributed by atoms with van der Waals surface area (Å²) in [5.41, 5.74) is 1.89. The second-order valence-corrected chi connectivity index (χ2v) is 9.04. The lowest BCUT2D eigenvalue weighted by Gasteiger charge is -2.61. The van der Waals surface area contributed by atoms with Gasteiger partial charge in [-0.05, 0) is 75.0 Å². The van der Waals surface area contributed by atoms with Gasteiger partial charge in [0.1, 0.15) is 0 Å². The van der Waals surface area contributed by atoms with Gasteiger partial charge in [0.2, 0.25) is 5.91 Å². The van der Waals surface area contributed by atoms with Gasteiger partial charge >= 0.3 is 0 Å². The van der Waals surface area contributed by atoms with Crippen LogP contribution in [-0.4, -0.2) is 34.6 Å². The number of carbonyl (C=O) groups excluding carboxylic acids is 1. The molecule has 1 amide bonds. The standard InChI is InChI=1S/C20H31NO2/c1-19-10-8-14(22)12-13(19)4-5-15-16(19)9-11-20(2)17(15)6-7-18(23)21(20)3/h4,14-17,22H,5-12H2,1-3H3/t14-,15?,16?,17?,19-,20-/m0/s1. The third-order valence-electron chi connectivity index (χ3n) is 8.24. The van der Waals surface area contributed by atoms with E-state index in [1.807, 2.05) is 7.05 Å². The molecule has 3 nitrogen and oxygen atoms in total. The van der Waals surface area contributed by atoms with Gasteiger partial charge in [0.25, 0.3) is 0 Å². The Labute approximate surface area is 140 Å². The van der Waals surface area contributed by atoms with Crippen LogP contribution in [0.5, 0.6) is 0 Å². The zero-order valence-electron chi connectivity index (χ0n) is 14.8. The smallest absolute Gasteiger partial charge is 0.222 e. The molecule has 0 aromatic carbocycles. The Bertz CT molecular complexity index is 556. The molecule has 3 heteroatoms. The predicted octanol–water partition coefficient (Wildman–Crippen LogP) is 3.52. The van der Waals surface area contributed by atoms with Gasteiger partial charge in [0.15, 0.2) is 0 Å². The van der Waals surface area contributed by atoms with Gasteiger partial charge in [0.05, 0.1) is 6.10 Å². The molecule has 3 fully saturated rings. The fraction of sp³-hybridized carbons (Fsp3) is 0.850. The van der Waals surface area contributed by atoms with Crippen LogP contribution < -0.4 is 0 Å². The van der Waals surface area contributed by atoms with Crippen molar-refractivity contribution in [2.45, 2.75) is 76.9 Å². The highest BCUT2D eigenvalue weighted by Crippen LogP contribution is 2.61. The molecule has 4 rings (SSSR count). The lowest BCUT2D eigenvalue weighted by molar-refractivity contribution is -0.153. The van der Waals surface area contributed by atoms with Crippen molar-refractivity contribution in [3.05, 3.63) is 11.6 Å². The number of fused-ring (bicyclic) bond motifs is 5. The summed E-state index contributed by atoms with van der Waals surface area (Å²) in [6.45, 7) is 4.79. The average molecular weight is 317 g/mol. The third kappa shape index (κ3) is 2.08. The van der Waals surface area contributed by atoms with Crippen LogP contribution in [0.1, 0.15) is 65.2 Å². The molecule has 128 valence electrons. The van der Waals surface area contributed by atoms with Crippen molar-refractivity contribution in [1.82, 2.24) is 4.90 Å². The highest BCUT2D eigenvalue weighted by Gasteiger charge is 2.57. The number of hydrogen-bond acceptors (Lipinski definition) is 2. The Kier molecular flexibility index (Phi) is 3.46. The van der Waals surface area contributed by atoms with Gasteiger partial charge in [-0.2, -0.15) is 0 Å². The van der Waals surface area contributed by atoms with E-state index in [0.29, 0.717) is 23.2 Å². The Morgan fingerprint density at radius 2 is 1.96 bits per heavy atom. The van der Waals surface area contributed by atoms with Crippen LogP contribution >= 0.6 is 0 Å². The van der Waals surface area contributed by atoms with E-state index in [1.165, 1.54) is 12.0 Å². The Morgan fingerprint density at radius 3 is 2.74 bits per heavy atom. The summed E-state index contributed by atoms with van der Waals surface area (Å²) in [7, 11) is 2.03. The number of aliphatic hydroxyl groups is 1. The summed E-state index contributed by atoms with van der Waals surface area (Å²) in [5.74, 6) is 2.44. The van der Waals surface area contributed by atoms with E-state index < -0.39 is 0 Å². The van der Waals surface area contributed by atoms with Crippen molar-refractivity contribution in [3.63, 3.8) is 0 Å². The van der Waals surface area contributed by atoms with Gasteiger partial charge in [0, 0.05) is 19.0 Å². The number of piperidine rings is 1. The normalized spacial score (nSPS) is 49.8. The molecule has 4 aliphatic rings. The van der Waals surface area contributed by atoms with Crippen LogP contribution in [0.4, 0.5) is 0 Å². The van der Waals surface area contributed by atoms with Crippen molar-refractivity contribution in [1.29, 1.82) is 0 Å². The summed E-state index contributed by atoms with van der Waals surface area (Å²) in [6.07, 6.45) is 10.7. The number of rotatable bonds is 0. The minimum absolute atomic E-state index is 0.0619. The number of carbonyl (C=O) groups is 1. The van der Waals surface area contributed by atoms with Gasteiger partial charge in [-0.3, -0.25) is 4.79 Å². The maximum atomic E-state index is 12.2. The summed E-state index contributed by atoms with van der Waals surface area (Å²) in [4.78, 5) is 14.3. The van der Waals surface area contributed by atoms with E-state index in [1.54, 1.807) is 0 Å². The number of amides is 1. The minimum atomic E-state index is -0.127. The van der Waals surface area contributed by atoms with Crippen molar-refractivity contribution in [2.75, 3.05) is 7.05 Å². The molecule has 1 heterocycles. The Balaban J connectivity index is 1.68. The first kappa shape index (κ1) is 15.7. The molecule has 6 atom stereocenters. The minimum Gasteiger partial charge on any atom is -0.393 e. The molecule has 1 aliphatic heterocycles. The van der Waals surface area contributed by atoms with Crippen LogP contribution in [0.2, 0.25) is 0 Å². The quantitative estimate of drug-likeness (QED) is 0.694. The summed E-state index contributed by atoms with van der Waals surface area (Å²) in [6, 6.07) is 0. The van der Waals surface area contributed by atoms with Crippen molar-refractivity contribution >= 4 is 5.91 Å². The number of aliphatic hydroxyl groups excluding tert-OH is 1. The summed E-state index contributed by atoms with van der Waals surface area (Å²) >= 11 is 0. The van der Waals surface area contributed by atoms with E-state index in [0.717, 1.165) is 50.9 Å². The monoisotopic (exact) mass is 317 g/mol. The first-order valence-corrected chi connectivity index (χ1v) is 9.50. The molecule has 0 spiro atoms. The zero-order chi connectivity index (χ0) is 16.4. The van der Waals surface area contributed by atoms with Crippen LogP contribution in [0.25, 0.3) is 0 Å². The van der Waals surface area contributed by atoms with Gasteiger partial charge < -0.3 is 10.0 Å². The maximum absolute atomic E-state index is 12.2. The lowest BCUT2D eigenvalue weighted by atomic mass is 9.48.